The summed E-state index contributed by atoms with van der Waals surface area (Å²) < 4.78 is 7.91. The van der Waals surface area contributed by atoms with Crippen LogP contribution in [0.15, 0.2) is 66.7 Å². The molecule has 1 unspecified atom stereocenters. The first-order valence-electron chi connectivity index (χ1n) is 13.1. The van der Waals surface area contributed by atoms with Crippen molar-refractivity contribution in [2.24, 2.45) is 5.73 Å². The Labute approximate surface area is 224 Å². The largest absolute Gasteiger partial charge is 0.481 e. The Bertz CT molecular complexity index is 1480. The first kappa shape index (κ1) is 27.0. The molecule has 0 saturated carbocycles. The standard InChI is InChI=1S/C32H37N3O3/c1-19(2)25-10-8-11-26(16-25)21(4)34-32(37)27-13-14-30-29(17-27)20(3)22(5)35(30)18-24-9-7-12-28(15-24)38-23(6)31(33)36/h7-17,19,21,23H,18H2,1-6H3,(H2,33,36)(H,34,37)/t21-,23?/m0/s1. The van der Waals surface area contributed by atoms with E-state index >= 15 is 0 Å². The second-order valence-electron chi connectivity index (χ2n) is 10.4. The van der Waals surface area contributed by atoms with Gasteiger partial charge in [0.2, 0.25) is 0 Å². The van der Waals surface area contributed by atoms with Crippen LogP contribution in [0.3, 0.4) is 0 Å². The van der Waals surface area contributed by atoms with Crippen molar-refractivity contribution in [3.05, 3.63) is 100 Å². The van der Waals surface area contributed by atoms with E-state index in [4.69, 9.17) is 10.5 Å². The number of rotatable bonds is 9. The van der Waals surface area contributed by atoms with Crippen LogP contribution in [0.5, 0.6) is 5.75 Å². The van der Waals surface area contributed by atoms with Crippen LogP contribution in [0.4, 0.5) is 0 Å². The number of aromatic nitrogens is 1. The Kier molecular flexibility index (Phi) is 7.91. The summed E-state index contributed by atoms with van der Waals surface area (Å²) in [7, 11) is 0. The molecule has 2 amide bonds. The maximum absolute atomic E-state index is 13.2. The number of carbonyl (C=O) groups excluding carboxylic acids is 2. The van der Waals surface area contributed by atoms with Crippen LogP contribution in [-0.2, 0) is 11.3 Å². The van der Waals surface area contributed by atoms with Crippen LogP contribution in [0.1, 0.15) is 78.0 Å². The van der Waals surface area contributed by atoms with Gasteiger partial charge in [-0.2, -0.15) is 0 Å². The van der Waals surface area contributed by atoms with Gasteiger partial charge in [-0.05, 0) is 86.2 Å². The third-order valence-corrected chi connectivity index (χ3v) is 7.28. The summed E-state index contributed by atoms with van der Waals surface area (Å²) in [6.07, 6.45) is -0.701. The van der Waals surface area contributed by atoms with Crippen molar-refractivity contribution in [3.63, 3.8) is 0 Å². The van der Waals surface area contributed by atoms with Crippen molar-refractivity contribution in [2.75, 3.05) is 0 Å². The highest BCUT2D eigenvalue weighted by molar-refractivity contribution is 5.99. The zero-order valence-electron chi connectivity index (χ0n) is 23.0. The van der Waals surface area contributed by atoms with Gasteiger partial charge >= 0.3 is 0 Å². The van der Waals surface area contributed by atoms with Gasteiger partial charge in [-0.1, -0.05) is 50.2 Å². The van der Waals surface area contributed by atoms with E-state index < -0.39 is 12.0 Å². The number of amides is 2. The van der Waals surface area contributed by atoms with Crippen LogP contribution >= 0.6 is 0 Å². The molecule has 4 rings (SSSR count). The minimum absolute atomic E-state index is 0.0902. The van der Waals surface area contributed by atoms with Crippen LogP contribution in [0.25, 0.3) is 10.9 Å². The van der Waals surface area contributed by atoms with E-state index in [1.165, 1.54) is 5.56 Å². The normalized spacial score (nSPS) is 12.9. The fourth-order valence-electron chi connectivity index (χ4n) is 4.71. The summed E-state index contributed by atoms with van der Waals surface area (Å²) >= 11 is 0. The Morgan fingerprint density at radius 3 is 2.34 bits per heavy atom. The molecule has 0 aliphatic heterocycles. The molecule has 0 radical (unpaired) electrons. The highest BCUT2D eigenvalue weighted by atomic mass is 16.5. The van der Waals surface area contributed by atoms with Crippen molar-refractivity contribution >= 4 is 22.7 Å². The second-order valence-corrected chi connectivity index (χ2v) is 10.4. The minimum atomic E-state index is -0.701. The van der Waals surface area contributed by atoms with Gasteiger partial charge < -0.3 is 20.4 Å². The zero-order chi connectivity index (χ0) is 27.6. The Hall–Kier alpha value is -4.06. The molecule has 0 fully saturated rings. The summed E-state index contributed by atoms with van der Waals surface area (Å²) in [6.45, 7) is 12.8. The van der Waals surface area contributed by atoms with Crippen LogP contribution in [0.2, 0.25) is 0 Å². The van der Waals surface area contributed by atoms with Gasteiger partial charge in [0.15, 0.2) is 6.10 Å². The molecular weight excluding hydrogens is 474 g/mol. The average Bonchev–Trinajstić information content (AvgIpc) is 3.13. The monoisotopic (exact) mass is 511 g/mol. The molecule has 2 atom stereocenters. The number of primary amides is 1. The van der Waals surface area contributed by atoms with Crippen molar-refractivity contribution in [1.82, 2.24) is 9.88 Å². The molecule has 3 aromatic carbocycles. The van der Waals surface area contributed by atoms with Gasteiger partial charge in [0.25, 0.3) is 11.8 Å². The molecule has 0 bridgehead atoms. The molecule has 0 spiro atoms. The highest BCUT2D eigenvalue weighted by Crippen LogP contribution is 2.28. The first-order chi connectivity index (χ1) is 18.0. The molecule has 0 aliphatic rings. The molecule has 4 aromatic rings. The molecule has 38 heavy (non-hydrogen) atoms. The number of nitrogens with one attached hydrogen (secondary N) is 1. The summed E-state index contributed by atoms with van der Waals surface area (Å²) in [5, 5.41) is 4.22. The van der Waals surface area contributed by atoms with Crippen LogP contribution in [-0.4, -0.2) is 22.5 Å². The Morgan fingerprint density at radius 1 is 0.921 bits per heavy atom. The van der Waals surface area contributed by atoms with Gasteiger partial charge in [-0.25, -0.2) is 0 Å². The third kappa shape index (κ3) is 5.75. The molecule has 0 aliphatic carbocycles. The predicted molar refractivity (Wildman–Crippen MR) is 153 cm³/mol. The molecule has 6 heteroatoms. The van der Waals surface area contributed by atoms with E-state index in [-0.39, 0.29) is 11.9 Å². The molecule has 0 saturated heterocycles. The maximum Gasteiger partial charge on any atom is 0.258 e. The van der Waals surface area contributed by atoms with Gasteiger partial charge in [0.05, 0.1) is 6.04 Å². The highest BCUT2D eigenvalue weighted by Gasteiger charge is 2.17. The summed E-state index contributed by atoms with van der Waals surface area (Å²) in [4.78, 5) is 24.6. The second kappa shape index (κ2) is 11.1. The number of hydrogen-bond donors (Lipinski definition) is 2. The number of carbonyl (C=O) groups is 2. The number of aryl methyl sites for hydroxylation is 1. The lowest BCUT2D eigenvalue weighted by Crippen LogP contribution is -2.30. The van der Waals surface area contributed by atoms with Crippen molar-refractivity contribution in [2.45, 2.75) is 66.2 Å². The Balaban J connectivity index is 1.56. The zero-order valence-corrected chi connectivity index (χ0v) is 23.0. The summed E-state index contributed by atoms with van der Waals surface area (Å²) in [5.74, 6) is 0.444. The maximum atomic E-state index is 13.2. The topological polar surface area (TPSA) is 86.3 Å². The van der Waals surface area contributed by atoms with Crippen molar-refractivity contribution in [1.29, 1.82) is 0 Å². The van der Waals surface area contributed by atoms with Gasteiger partial charge in [0.1, 0.15) is 5.75 Å². The molecule has 6 nitrogen and oxygen atoms in total. The van der Waals surface area contributed by atoms with Crippen molar-refractivity contribution in [3.8, 4) is 5.75 Å². The van der Waals surface area contributed by atoms with E-state index in [0.717, 1.165) is 33.3 Å². The Morgan fingerprint density at radius 2 is 1.63 bits per heavy atom. The third-order valence-electron chi connectivity index (χ3n) is 7.28. The molecule has 198 valence electrons. The first-order valence-corrected chi connectivity index (χ1v) is 13.1. The van der Waals surface area contributed by atoms with E-state index in [1.807, 2.05) is 55.5 Å². The van der Waals surface area contributed by atoms with Gasteiger partial charge in [0, 0.05) is 28.7 Å². The quantitative estimate of drug-likeness (QED) is 0.282. The van der Waals surface area contributed by atoms with Crippen LogP contribution in [0, 0.1) is 13.8 Å². The number of hydrogen-bond acceptors (Lipinski definition) is 3. The molecule has 1 heterocycles. The lowest BCUT2D eigenvalue weighted by atomic mass is 9.98. The van der Waals surface area contributed by atoms with Crippen LogP contribution < -0.4 is 15.8 Å². The average molecular weight is 512 g/mol. The van der Waals surface area contributed by atoms with E-state index in [2.05, 4.69) is 55.8 Å². The number of nitrogens with two attached hydrogens (primary N) is 1. The fourth-order valence-corrected chi connectivity index (χ4v) is 4.71. The van der Waals surface area contributed by atoms with E-state index in [0.29, 0.717) is 23.8 Å². The predicted octanol–water partition coefficient (Wildman–Crippen LogP) is 6.17. The fraction of sp³-hybridized carbons (Fsp3) is 0.312. The van der Waals surface area contributed by atoms with Gasteiger partial charge in [-0.3, -0.25) is 9.59 Å². The van der Waals surface area contributed by atoms with Gasteiger partial charge in [-0.15, -0.1) is 0 Å². The minimum Gasteiger partial charge on any atom is -0.481 e. The van der Waals surface area contributed by atoms with Crippen molar-refractivity contribution < 1.29 is 14.3 Å². The smallest absolute Gasteiger partial charge is 0.258 e. The summed E-state index contributed by atoms with van der Waals surface area (Å²) in [5.41, 5.74) is 12.7. The molecule has 3 N–H and O–H groups in total. The SMILES string of the molecule is Cc1c(C)n(Cc2cccc(OC(C)C(N)=O)c2)c2ccc(C(=O)N[C@@H](C)c3cccc(C(C)C)c3)cc12. The molecular formula is C32H37N3O3. The lowest BCUT2D eigenvalue weighted by molar-refractivity contribution is -0.123. The summed E-state index contributed by atoms with van der Waals surface area (Å²) in [6, 6.07) is 21.9. The van der Waals surface area contributed by atoms with E-state index in [9.17, 15) is 9.59 Å². The number of fused-ring (bicyclic) bond motifs is 1. The lowest BCUT2D eigenvalue weighted by Gasteiger charge is -2.17. The number of benzene rings is 3. The number of ether oxygens (including phenoxy) is 1. The molecule has 1 aromatic heterocycles. The van der Waals surface area contributed by atoms with E-state index in [1.54, 1.807) is 6.92 Å². The number of nitrogens with zero attached hydrogens (tertiary/aromatic N) is 1.